The zero-order valence-corrected chi connectivity index (χ0v) is 10.0. The van der Waals surface area contributed by atoms with E-state index in [4.69, 9.17) is 0 Å². The van der Waals surface area contributed by atoms with Crippen LogP contribution in [0.3, 0.4) is 0 Å². The van der Waals surface area contributed by atoms with Gasteiger partial charge in [0.2, 0.25) is 0 Å². The first-order chi connectivity index (χ1) is 7.50. The third-order valence-electron chi connectivity index (χ3n) is 2.40. The number of halogens is 1. The van der Waals surface area contributed by atoms with Gasteiger partial charge in [-0.15, -0.1) is 0 Å². The van der Waals surface area contributed by atoms with E-state index in [1.54, 1.807) is 6.07 Å². The standard InChI is InChI=1S/C13H18FNO/c1-9(2)15-7-6-13(16)12-8-11(14)5-4-10(12)3/h4-5,8-9,15H,6-7H2,1-3H3. The Hall–Kier alpha value is -1.22. The molecule has 16 heavy (non-hydrogen) atoms. The first kappa shape index (κ1) is 12.8. The van der Waals surface area contributed by atoms with Crippen LogP contribution in [0.25, 0.3) is 0 Å². The predicted octanol–water partition coefficient (Wildman–Crippen LogP) is 2.70. The van der Waals surface area contributed by atoms with Gasteiger partial charge in [-0.1, -0.05) is 19.9 Å². The van der Waals surface area contributed by atoms with E-state index >= 15 is 0 Å². The Morgan fingerprint density at radius 2 is 2.12 bits per heavy atom. The van der Waals surface area contributed by atoms with Crippen LogP contribution < -0.4 is 5.32 Å². The Morgan fingerprint density at radius 1 is 1.44 bits per heavy atom. The number of rotatable bonds is 5. The number of aryl methyl sites for hydroxylation is 1. The fourth-order valence-corrected chi connectivity index (χ4v) is 1.50. The lowest BCUT2D eigenvalue weighted by Crippen LogP contribution is -2.25. The highest BCUT2D eigenvalue weighted by molar-refractivity contribution is 5.97. The lowest BCUT2D eigenvalue weighted by Gasteiger charge is -2.08. The van der Waals surface area contributed by atoms with Gasteiger partial charge < -0.3 is 5.32 Å². The minimum absolute atomic E-state index is 0.00912. The van der Waals surface area contributed by atoms with Crippen molar-refractivity contribution in [1.82, 2.24) is 5.32 Å². The number of ketones is 1. The molecule has 0 bridgehead atoms. The van der Waals surface area contributed by atoms with Crippen molar-refractivity contribution in [2.24, 2.45) is 0 Å². The lowest BCUT2D eigenvalue weighted by atomic mass is 10.0. The maximum absolute atomic E-state index is 13.0. The lowest BCUT2D eigenvalue weighted by molar-refractivity contribution is 0.0981. The minimum atomic E-state index is -0.356. The third kappa shape index (κ3) is 3.74. The molecule has 0 saturated heterocycles. The van der Waals surface area contributed by atoms with Crippen LogP contribution in [-0.4, -0.2) is 18.4 Å². The summed E-state index contributed by atoms with van der Waals surface area (Å²) in [5, 5.41) is 3.17. The van der Waals surface area contributed by atoms with Crippen LogP contribution in [-0.2, 0) is 0 Å². The number of hydrogen-bond acceptors (Lipinski definition) is 2. The Morgan fingerprint density at radius 3 is 2.75 bits per heavy atom. The van der Waals surface area contributed by atoms with Crippen LogP contribution in [0.4, 0.5) is 4.39 Å². The van der Waals surface area contributed by atoms with Crippen LogP contribution in [0.2, 0.25) is 0 Å². The first-order valence-electron chi connectivity index (χ1n) is 5.53. The molecular formula is C13H18FNO. The second kappa shape index (κ2) is 5.75. The minimum Gasteiger partial charge on any atom is -0.314 e. The van der Waals surface area contributed by atoms with Gasteiger partial charge >= 0.3 is 0 Å². The Labute approximate surface area is 95.9 Å². The fraction of sp³-hybridized carbons (Fsp3) is 0.462. The van der Waals surface area contributed by atoms with Crippen molar-refractivity contribution < 1.29 is 9.18 Å². The molecule has 0 spiro atoms. The molecule has 1 aromatic rings. The molecule has 2 nitrogen and oxygen atoms in total. The molecule has 0 unspecified atom stereocenters. The summed E-state index contributed by atoms with van der Waals surface area (Å²) in [5.74, 6) is -0.365. The summed E-state index contributed by atoms with van der Waals surface area (Å²) >= 11 is 0. The zero-order valence-electron chi connectivity index (χ0n) is 10.0. The van der Waals surface area contributed by atoms with E-state index in [1.165, 1.54) is 12.1 Å². The topological polar surface area (TPSA) is 29.1 Å². The molecular weight excluding hydrogens is 205 g/mol. The SMILES string of the molecule is Cc1ccc(F)cc1C(=O)CCNC(C)C. The van der Waals surface area contributed by atoms with Crippen molar-refractivity contribution in [3.05, 3.63) is 35.1 Å². The molecule has 0 saturated carbocycles. The molecule has 1 N–H and O–H groups in total. The molecule has 0 amide bonds. The van der Waals surface area contributed by atoms with Crippen LogP contribution >= 0.6 is 0 Å². The third-order valence-corrected chi connectivity index (χ3v) is 2.40. The number of carbonyl (C=O) groups excluding carboxylic acids is 1. The predicted molar refractivity (Wildman–Crippen MR) is 63.2 cm³/mol. The molecule has 0 aliphatic carbocycles. The molecule has 0 fully saturated rings. The Balaban J connectivity index is 2.62. The normalized spacial score (nSPS) is 10.8. The van der Waals surface area contributed by atoms with E-state index in [2.05, 4.69) is 5.32 Å². The number of carbonyl (C=O) groups is 1. The molecule has 0 heterocycles. The zero-order chi connectivity index (χ0) is 12.1. The van der Waals surface area contributed by atoms with Crippen molar-refractivity contribution in [2.45, 2.75) is 33.2 Å². The van der Waals surface area contributed by atoms with Gasteiger partial charge in [-0.25, -0.2) is 4.39 Å². The maximum atomic E-state index is 13.0. The highest BCUT2D eigenvalue weighted by Gasteiger charge is 2.09. The molecule has 0 atom stereocenters. The van der Waals surface area contributed by atoms with Crippen molar-refractivity contribution >= 4 is 5.78 Å². The second-order valence-corrected chi connectivity index (χ2v) is 4.24. The molecule has 1 aromatic carbocycles. The van der Waals surface area contributed by atoms with Crippen molar-refractivity contribution in [2.75, 3.05) is 6.54 Å². The van der Waals surface area contributed by atoms with Gasteiger partial charge in [-0.3, -0.25) is 4.79 Å². The monoisotopic (exact) mass is 223 g/mol. The highest BCUT2D eigenvalue weighted by Crippen LogP contribution is 2.12. The molecule has 0 aliphatic rings. The number of nitrogens with one attached hydrogen (secondary N) is 1. The van der Waals surface area contributed by atoms with Gasteiger partial charge in [0.25, 0.3) is 0 Å². The first-order valence-corrected chi connectivity index (χ1v) is 5.53. The molecule has 0 radical (unpaired) electrons. The number of Topliss-reactive ketones (excluding diaryl/α,β-unsaturated/α-hetero) is 1. The summed E-state index contributed by atoms with van der Waals surface area (Å²) in [6, 6.07) is 4.69. The maximum Gasteiger partial charge on any atom is 0.164 e. The average molecular weight is 223 g/mol. The smallest absolute Gasteiger partial charge is 0.164 e. The number of hydrogen-bond donors (Lipinski definition) is 1. The summed E-state index contributed by atoms with van der Waals surface area (Å²) in [5.41, 5.74) is 1.32. The summed E-state index contributed by atoms with van der Waals surface area (Å²) in [6.07, 6.45) is 0.405. The Kier molecular flexibility index (Phi) is 4.62. The van der Waals surface area contributed by atoms with E-state index in [-0.39, 0.29) is 11.6 Å². The van der Waals surface area contributed by atoms with E-state index < -0.39 is 0 Å². The van der Waals surface area contributed by atoms with Gasteiger partial charge in [0, 0.05) is 24.6 Å². The van der Waals surface area contributed by atoms with E-state index in [0.29, 0.717) is 24.6 Å². The summed E-state index contributed by atoms with van der Waals surface area (Å²) in [6.45, 7) is 6.50. The summed E-state index contributed by atoms with van der Waals surface area (Å²) < 4.78 is 13.0. The van der Waals surface area contributed by atoms with Crippen LogP contribution in [0, 0.1) is 12.7 Å². The van der Waals surface area contributed by atoms with E-state index in [1.807, 2.05) is 20.8 Å². The van der Waals surface area contributed by atoms with Crippen molar-refractivity contribution in [1.29, 1.82) is 0 Å². The summed E-state index contributed by atoms with van der Waals surface area (Å²) in [7, 11) is 0. The Bertz CT molecular complexity index is 374. The summed E-state index contributed by atoms with van der Waals surface area (Å²) in [4.78, 5) is 11.8. The quantitative estimate of drug-likeness (QED) is 0.778. The molecule has 3 heteroatoms. The fourth-order valence-electron chi connectivity index (χ4n) is 1.50. The largest absolute Gasteiger partial charge is 0.314 e. The van der Waals surface area contributed by atoms with Crippen LogP contribution in [0.1, 0.15) is 36.2 Å². The highest BCUT2D eigenvalue weighted by atomic mass is 19.1. The van der Waals surface area contributed by atoms with E-state index in [9.17, 15) is 9.18 Å². The number of benzene rings is 1. The van der Waals surface area contributed by atoms with E-state index in [0.717, 1.165) is 5.56 Å². The van der Waals surface area contributed by atoms with Gasteiger partial charge in [0.1, 0.15) is 5.82 Å². The van der Waals surface area contributed by atoms with Crippen molar-refractivity contribution in [3.63, 3.8) is 0 Å². The second-order valence-electron chi connectivity index (χ2n) is 4.24. The van der Waals surface area contributed by atoms with Gasteiger partial charge in [0.05, 0.1) is 0 Å². The van der Waals surface area contributed by atoms with Crippen LogP contribution in [0.5, 0.6) is 0 Å². The van der Waals surface area contributed by atoms with Crippen molar-refractivity contribution in [3.8, 4) is 0 Å². The molecule has 0 aromatic heterocycles. The van der Waals surface area contributed by atoms with Gasteiger partial charge in [0.15, 0.2) is 5.78 Å². The van der Waals surface area contributed by atoms with Gasteiger partial charge in [-0.05, 0) is 24.6 Å². The molecule has 88 valence electrons. The molecule has 1 rings (SSSR count). The van der Waals surface area contributed by atoms with Crippen LogP contribution in [0.15, 0.2) is 18.2 Å². The average Bonchev–Trinajstić information content (AvgIpc) is 2.21. The van der Waals surface area contributed by atoms with Gasteiger partial charge in [-0.2, -0.15) is 0 Å². The molecule has 0 aliphatic heterocycles.